The summed E-state index contributed by atoms with van der Waals surface area (Å²) in [6, 6.07) is 0. The summed E-state index contributed by atoms with van der Waals surface area (Å²) in [4.78, 5) is 6.92. The lowest BCUT2D eigenvalue weighted by Crippen LogP contribution is -2.51. The lowest BCUT2D eigenvalue weighted by Gasteiger charge is -2.39. The molecule has 1 atom stereocenters. The molecule has 0 aromatic heterocycles. The molecule has 0 radical (unpaired) electrons. The molecule has 0 bridgehead atoms. The van der Waals surface area contributed by atoms with Gasteiger partial charge in [0.1, 0.15) is 0 Å². The summed E-state index contributed by atoms with van der Waals surface area (Å²) in [5.41, 5.74) is 0. The minimum Gasteiger partial charge on any atom is -0.381 e. The summed E-state index contributed by atoms with van der Waals surface area (Å²) in [5, 5.41) is 3.64. The molecule has 0 amide bonds. The summed E-state index contributed by atoms with van der Waals surface area (Å²) >= 11 is 1.96. The maximum absolute atomic E-state index is 6.14. The van der Waals surface area contributed by atoms with Crippen LogP contribution in [-0.2, 0) is 14.2 Å². The van der Waals surface area contributed by atoms with Crippen molar-refractivity contribution in [3.05, 3.63) is 0 Å². The van der Waals surface area contributed by atoms with E-state index in [0.717, 1.165) is 84.1 Å². The molecule has 27 heavy (non-hydrogen) atoms. The summed E-state index contributed by atoms with van der Waals surface area (Å²) in [5.74, 6) is 1.03. The third-order valence-electron chi connectivity index (χ3n) is 6.15. The van der Waals surface area contributed by atoms with Crippen LogP contribution < -0.4 is 5.32 Å². The Morgan fingerprint density at radius 1 is 1.19 bits per heavy atom. The number of thioether (sulfide) groups is 1. The molecule has 1 N–H and O–H groups in total. The fraction of sp³-hybridized carbons (Fsp3) is 0.950. The number of hydrogen-bond donors (Lipinski definition) is 1. The van der Waals surface area contributed by atoms with E-state index in [2.05, 4.69) is 21.5 Å². The molecule has 0 aromatic rings. The van der Waals surface area contributed by atoms with Gasteiger partial charge in [0.25, 0.3) is 0 Å². The van der Waals surface area contributed by atoms with Crippen molar-refractivity contribution in [1.29, 1.82) is 0 Å². The molecule has 3 aliphatic rings. The molecule has 6 nitrogen and oxygen atoms in total. The van der Waals surface area contributed by atoms with Gasteiger partial charge in [0.05, 0.1) is 18.8 Å². The van der Waals surface area contributed by atoms with E-state index < -0.39 is 0 Å². The van der Waals surface area contributed by atoms with Gasteiger partial charge in [0.15, 0.2) is 5.96 Å². The first-order valence-corrected chi connectivity index (χ1v) is 11.8. The lowest BCUT2D eigenvalue weighted by molar-refractivity contribution is -0.0721. The van der Waals surface area contributed by atoms with Crippen LogP contribution in [0.15, 0.2) is 4.99 Å². The standard InChI is InChI=1S/C20H37N3O3S/c1-21-19(22-16-20(27-2)8-13-24-14-9-20)23-10-6-17(7-11-23)26-15-18-5-3-4-12-25-18/h17-18H,3-16H2,1-2H3,(H,21,22). The highest BCUT2D eigenvalue weighted by Crippen LogP contribution is 2.33. The van der Waals surface area contributed by atoms with E-state index in [9.17, 15) is 0 Å². The molecule has 0 saturated carbocycles. The first kappa shape index (κ1) is 21.2. The number of rotatable bonds is 6. The summed E-state index contributed by atoms with van der Waals surface area (Å²) in [6.45, 7) is 6.37. The van der Waals surface area contributed by atoms with Crippen LogP contribution in [0.1, 0.15) is 44.9 Å². The first-order chi connectivity index (χ1) is 13.2. The number of guanidine groups is 1. The highest BCUT2D eigenvalue weighted by molar-refractivity contribution is 8.00. The molecular weight excluding hydrogens is 362 g/mol. The molecule has 0 spiro atoms. The van der Waals surface area contributed by atoms with Gasteiger partial charge in [-0.25, -0.2) is 0 Å². The molecule has 3 aliphatic heterocycles. The Morgan fingerprint density at radius 3 is 2.59 bits per heavy atom. The predicted octanol–water partition coefficient (Wildman–Crippen LogP) is 2.52. The van der Waals surface area contributed by atoms with Crippen molar-refractivity contribution >= 4 is 17.7 Å². The molecule has 3 fully saturated rings. The number of ether oxygens (including phenoxy) is 3. The van der Waals surface area contributed by atoms with E-state index in [1.807, 2.05) is 18.8 Å². The van der Waals surface area contributed by atoms with Crippen molar-refractivity contribution in [1.82, 2.24) is 10.2 Å². The van der Waals surface area contributed by atoms with Crippen LogP contribution in [0.4, 0.5) is 0 Å². The topological polar surface area (TPSA) is 55.3 Å². The van der Waals surface area contributed by atoms with Gasteiger partial charge in [-0.3, -0.25) is 4.99 Å². The second-order valence-corrected chi connectivity index (χ2v) is 9.18. The van der Waals surface area contributed by atoms with Crippen molar-refractivity contribution < 1.29 is 14.2 Å². The van der Waals surface area contributed by atoms with E-state index >= 15 is 0 Å². The van der Waals surface area contributed by atoms with Crippen LogP contribution in [0.2, 0.25) is 0 Å². The molecule has 3 heterocycles. The number of aliphatic imine (C=N–C) groups is 1. The number of nitrogens with one attached hydrogen (secondary N) is 1. The Kier molecular flexibility index (Phi) is 8.55. The smallest absolute Gasteiger partial charge is 0.193 e. The fourth-order valence-corrected chi connectivity index (χ4v) is 4.98. The van der Waals surface area contributed by atoms with Crippen molar-refractivity contribution in [3.63, 3.8) is 0 Å². The van der Waals surface area contributed by atoms with E-state index in [0.29, 0.717) is 12.2 Å². The molecule has 0 aromatic carbocycles. The third kappa shape index (κ3) is 6.24. The first-order valence-electron chi connectivity index (χ1n) is 10.6. The Bertz CT molecular complexity index is 457. The van der Waals surface area contributed by atoms with Gasteiger partial charge >= 0.3 is 0 Å². The van der Waals surface area contributed by atoms with E-state index in [4.69, 9.17) is 14.2 Å². The summed E-state index contributed by atoms with van der Waals surface area (Å²) in [6.07, 6.45) is 10.9. The van der Waals surface area contributed by atoms with Crippen molar-refractivity contribution in [2.24, 2.45) is 4.99 Å². The quantitative estimate of drug-likeness (QED) is 0.547. The van der Waals surface area contributed by atoms with Crippen molar-refractivity contribution in [2.75, 3.05) is 59.4 Å². The Morgan fingerprint density at radius 2 is 1.96 bits per heavy atom. The van der Waals surface area contributed by atoms with Crippen LogP contribution in [0, 0.1) is 0 Å². The van der Waals surface area contributed by atoms with E-state index in [1.54, 1.807) is 0 Å². The number of hydrogen-bond acceptors (Lipinski definition) is 5. The summed E-state index contributed by atoms with van der Waals surface area (Å²) in [7, 11) is 1.89. The highest BCUT2D eigenvalue weighted by atomic mass is 32.2. The lowest BCUT2D eigenvalue weighted by atomic mass is 9.99. The van der Waals surface area contributed by atoms with E-state index in [1.165, 1.54) is 12.8 Å². The SMILES string of the molecule is CN=C(NCC1(SC)CCOCC1)N1CCC(OCC2CCCCO2)CC1. The Hall–Kier alpha value is -0.500. The maximum Gasteiger partial charge on any atom is 0.193 e. The summed E-state index contributed by atoms with van der Waals surface area (Å²) < 4.78 is 17.7. The maximum atomic E-state index is 6.14. The van der Waals surface area contributed by atoms with Crippen LogP contribution in [0.3, 0.4) is 0 Å². The van der Waals surface area contributed by atoms with Crippen molar-refractivity contribution in [3.8, 4) is 0 Å². The average molecular weight is 400 g/mol. The minimum absolute atomic E-state index is 0.273. The van der Waals surface area contributed by atoms with Crippen LogP contribution in [0.5, 0.6) is 0 Å². The second-order valence-electron chi connectivity index (χ2n) is 7.91. The zero-order chi connectivity index (χ0) is 19.0. The molecule has 1 unspecified atom stereocenters. The third-order valence-corrected chi connectivity index (χ3v) is 7.57. The van der Waals surface area contributed by atoms with Gasteiger partial charge < -0.3 is 24.4 Å². The zero-order valence-corrected chi connectivity index (χ0v) is 17.9. The van der Waals surface area contributed by atoms with Gasteiger partial charge in [0.2, 0.25) is 0 Å². The number of likely N-dealkylation sites (tertiary alicyclic amines) is 1. The molecule has 3 saturated heterocycles. The number of piperidine rings is 1. The minimum atomic E-state index is 0.273. The molecular formula is C20H37N3O3S. The van der Waals surface area contributed by atoms with Gasteiger partial charge in [-0.2, -0.15) is 11.8 Å². The average Bonchev–Trinajstić information content (AvgIpc) is 2.75. The fourth-order valence-electron chi connectivity index (χ4n) is 4.19. The monoisotopic (exact) mass is 399 g/mol. The van der Waals surface area contributed by atoms with Gasteiger partial charge in [-0.05, 0) is 51.2 Å². The zero-order valence-electron chi connectivity index (χ0n) is 17.1. The Labute approximate surface area is 168 Å². The Balaban J connectivity index is 1.39. The largest absolute Gasteiger partial charge is 0.381 e. The molecule has 0 aliphatic carbocycles. The molecule has 3 rings (SSSR count). The van der Waals surface area contributed by atoms with E-state index in [-0.39, 0.29) is 4.75 Å². The second kappa shape index (κ2) is 10.9. The van der Waals surface area contributed by atoms with Crippen molar-refractivity contribution in [2.45, 2.75) is 61.9 Å². The number of nitrogens with zero attached hydrogens (tertiary/aromatic N) is 2. The van der Waals surface area contributed by atoms with Crippen LogP contribution in [0.25, 0.3) is 0 Å². The molecule has 7 heteroatoms. The molecule has 156 valence electrons. The highest BCUT2D eigenvalue weighted by Gasteiger charge is 2.32. The van der Waals surface area contributed by atoms with Gasteiger partial charge in [0, 0.05) is 51.2 Å². The van der Waals surface area contributed by atoms with Gasteiger partial charge in [-0.1, -0.05) is 0 Å². The van der Waals surface area contributed by atoms with Crippen LogP contribution >= 0.6 is 11.8 Å². The normalized spacial score (nSPS) is 27.6. The van der Waals surface area contributed by atoms with Crippen LogP contribution in [-0.4, -0.2) is 87.2 Å². The predicted molar refractivity (Wildman–Crippen MR) is 112 cm³/mol. The van der Waals surface area contributed by atoms with Gasteiger partial charge in [-0.15, -0.1) is 0 Å².